The third kappa shape index (κ3) is 1.63. The van der Waals surface area contributed by atoms with Gasteiger partial charge in [0, 0.05) is 18.8 Å². The molecule has 0 bridgehead atoms. The SMILES string of the molecule is O=C(O)c1cccc2c1C(=O)NCCN2. The van der Waals surface area contributed by atoms with Crippen LogP contribution in [0.2, 0.25) is 0 Å². The molecule has 1 aliphatic heterocycles. The van der Waals surface area contributed by atoms with Crippen molar-refractivity contribution in [2.75, 3.05) is 18.4 Å². The molecule has 0 spiro atoms. The molecule has 0 unspecified atom stereocenters. The van der Waals surface area contributed by atoms with Crippen molar-refractivity contribution in [2.45, 2.75) is 0 Å². The van der Waals surface area contributed by atoms with Gasteiger partial charge in [0.1, 0.15) is 0 Å². The summed E-state index contributed by atoms with van der Waals surface area (Å²) in [6.45, 7) is 1.09. The number of rotatable bonds is 1. The van der Waals surface area contributed by atoms with E-state index in [9.17, 15) is 9.59 Å². The molecule has 3 N–H and O–H groups in total. The minimum atomic E-state index is -1.09. The lowest BCUT2D eigenvalue weighted by molar-refractivity contribution is 0.0691. The maximum atomic E-state index is 11.6. The minimum absolute atomic E-state index is 0.0272. The summed E-state index contributed by atoms with van der Waals surface area (Å²) in [4.78, 5) is 22.5. The number of fused-ring (bicyclic) bond motifs is 1. The lowest BCUT2D eigenvalue weighted by Gasteiger charge is -2.08. The van der Waals surface area contributed by atoms with Gasteiger partial charge in [-0.2, -0.15) is 0 Å². The van der Waals surface area contributed by atoms with Crippen LogP contribution in [0, 0.1) is 0 Å². The van der Waals surface area contributed by atoms with E-state index in [1.165, 1.54) is 6.07 Å². The Balaban J connectivity index is 2.60. The smallest absolute Gasteiger partial charge is 0.336 e. The molecule has 15 heavy (non-hydrogen) atoms. The first-order chi connectivity index (χ1) is 7.20. The van der Waals surface area contributed by atoms with Gasteiger partial charge in [0.2, 0.25) is 0 Å². The molecule has 5 nitrogen and oxygen atoms in total. The number of anilines is 1. The van der Waals surface area contributed by atoms with Gasteiger partial charge in [-0.05, 0) is 12.1 Å². The van der Waals surface area contributed by atoms with Crippen LogP contribution in [0.4, 0.5) is 5.69 Å². The monoisotopic (exact) mass is 206 g/mol. The number of nitrogens with one attached hydrogen (secondary N) is 2. The Bertz CT molecular complexity index is 429. The van der Waals surface area contributed by atoms with E-state index in [4.69, 9.17) is 5.11 Å². The highest BCUT2D eigenvalue weighted by molar-refractivity contribution is 6.09. The molecule has 0 saturated heterocycles. The molecule has 78 valence electrons. The maximum Gasteiger partial charge on any atom is 0.336 e. The Morgan fingerprint density at radius 2 is 2.00 bits per heavy atom. The first-order valence-corrected chi connectivity index (χ1v) is 4.58. The Kier molecular flexibility index (Phi) is 2.29. The molecule has 0 atom stereocenters. The molecule has 0 saturated carbocycles. The predicted molar refractivity (Wildman–Crippen MR) is 54.2 cm³/mol. The fraction of sp³-hybridized carbons (Fsp3) is 0.200. The van der Waals surface area contributed by atoms with Crippen LogP contribution in [-0.2, 0) is 0 Å². The Morgan fingerprint density at radius 1 is 1.27 bits per heavy atom. The van der Waals surface area contributed by atoms with E-state index < -0.39 is 5.97 Å². The first-order valence-electron chi connectivity index (χ1n) is 4.58. The van der Waals surface area contributed by atoms with Crippen LogP contribution in [0.5, 0.6) is 0 Å². The zero-order valence-corrected chi connectivity index (χ0v) is 7.91. The lowest BCUT2D eigenvalue weighted by Crippen LogP contribution is -2.25. The van der Waals surface area contributed by atoms with E-state index in [-0.39, 0.29) is 17.0 Å². The number of carboxylic acid groups (broad SMARTS) is 1. The molecule has 1 aliphatic rings. The molecule has 1 amide bonds. The van der Waals surface area contributed by atoms with E-state index in [1.54, 1.807) is 12.1 Å². The number of carbonyl (C=O) groups excluding carboxylic acids is 1. The first kappa shape index (κ1) is 9.51. The summed E-state index contributed by atoms with van der Waals surface area (Å²) in [7, 11) is 0. The largest absolute Gasteiger partial charge is 0.478 e. The highest BCUT2D eigenvalue weighted by Crippen LogP contribution is 2.21. The fourth-order valence-electron chi connectivity index (χ4n) is 1.58. The van der Waals surface area contributed by atoms with Crippen LogP contribution < -0.4 is 10.6 Å². The topological polar surface area (TPSA) is 78.4 Å². The quantitative estimate of drug-likeness (QED) is 0.626. The van der Waals surface area contributed by atoms with Crippen LogP contribution in [0.15, 0.2) is 18.2 Å². The van der Waals surface area contributed by atoms with Crippen molar-refractivity contribution in [1.29, 1.82) is 0 Å². The zero-order chi connectivity index (χ0) is 10.8. The standard InChI is InChI=1S/C10H10N2O3/c13-9-8-6(10(14)15)2-1-3-7(8)11-4-5-12-9/h1-3,11H,4-5H2,(H,12,13)(H,14,15). The second-order valence-corrected chi connectivity index (χ2v) is 3.22. The van der Waals surface area contributed by atoms with Crippen LogP contribution >= 0.6 is 0 Å². The Morgan fingerprint density at radius 3 is 2.73 bits per heavy atom. The Hall–Kier alpha value is -2.04. The number of aromatic carboxylic acids is 1. The number of amides is 1. The van der Waals surface area contributed by atoms with E-state index in [0.29, 0.717) is 18.8 Å². The maximum absolute atomic E-state index is 11.6. The van der Waals surface area contributed by atoms with Gasteiger partial charge in [0.15, 0.2) is 0 Å². The van der Waals surface area contributed by atoms with Crippen molar-refractivity contribution in [3.8, 4) is 0 Å². The van der Waals surface area contributed by atoms with E-state index in [2.05, 4.69) is 10.6 Å². The second-order valence-electron chi connectivity index (χ2n) is 3.22. The van der Waals surface area contributed by atoms with Crippen molar-refractivity contribution in [3.05, 3.63) is 29.3 Å². The summed E-state index contributed by atoms with van der Waals surface area (Å²) in [5.41, 5.74) is 0.812. The van der Waals surface area contributed by atoms with Gasteiger partial charge in [-0.15, -0.1) is 0 Å². The van der Waals surface area contributed by atoms with Gasteiger partial charge in [-0.25, -0.2) is 4.79 Å². The van der Waals surface area contributed by atoms with Crippen LogP contribution in [0.25, 0.3) is 0 Å². The summed E-state index contributed by atoms with van der Waals surface area (Å²) in [6.07, 6.45) is 0. The number of carbonyl (C=O) groups is 2. The van der Waals surface area contributed by atoms with Crippen LogP contribution in [0.3, 0.4) is 0 Å². The third-order valence-corrected chi connectivity index (χ3v) is 2.25. The average molecular weight is 206 g/mol. The molecule has 0 fully saturated rings. The molecule has 0 aliphatic carbocycles. The molecule has 1 aromatic carbocycles. The van der Waals surface area contributed by atoms with Crippen LogP contribution in [-0.4, -0.2) is 30.1 Å². The predicted octanol–water partition coefficient (Wildman–Crippen LogP) is 0.540. The number of carboxylic acids is 1. The van der Waals surface area contributed by atoms with Gasteiger partial charge < -0.3 is 15.7 Å². The molecular weight excluding hydrogens is 196 g/mol. The zero-order valence-electron chi connectivity index (χ0n) is 7.91. The van der Waals surface area contributed by atoms with Gasteiger partial charge in [0.25, 0.3) is 5.91 Å². The molecule has 5 heteroatoms. The van der Waals surface area contributed by atoms with Gasteiger partial charge in [0.05, 0.1) is 11.1 Å². The molecule has 0 radical (unpaired) electrons. The third-order valence-electron chi connectivity index (χ3n) is 2.25. The number of hydrogen-bond acceptors (Lipinski definition) is 3. The Labute approximate surface area is 86.1 Å². The van der Waals surface area contributed by atoms with Crippen molar-refractivity contribution >= 4 is 17.6 Å². The molecular formula is C10H10N2O3. The molecule has 2 rings (SSSR count). The molecule has 0 aromatic heterocycles. The van der Waals surface area contributed by atoms with Crippen LogP contribution in [0.1, 0.15) is 20.7 Å². The molecule has 1 heterocycles. The van der Waals surface area contributed by atoms with Gasteiger partial charge >= 0.3 is 5.97 Å². The summed E-state index contributed by atoms with van der Waals surface area (Å²) in [6, 6.07) is 4.74. The van der Waals surface area contributed by atoms with E-state index in [0.717, 1.165) is 0 Å². The minimum Gasteiger partial charge on any atom is -0.478 e. The normalized spacial score (nSPS) is 14.5. The highest BCUT2D eigenvalue weighted by Gasteiger charge is 2.21. The summed E-state index contributed by atoms with van der Waals surface area (Å²) in [5.74, 6) is -1.43. The van der Waals surface area contributed by atoms with Gasteiger partial charge in [-0.3, -0.25) is 4.79 Å². The second kappa shape index (κ2) is 3.61. The summed E-state index contributed by atoms with van der Waals surface area (Å²) in [5, 5.41) is 14.6. The van der Waals surface area contributed by atoms with E-state index in [1.807, 2.05) is 0 Å². The van der Waals surface area contributed by atoms with E-state index >= 15 is 0 Å². The average Bonchev–Trinajstić information content (AvgIpc) is 2.40. The van der Waals surface area contributed by atoms with Crippen molar-refractivity contribution in [1.82, 2.24) is 5.32 Å². The van der Waals surface area contributed by atoms with Gasteiger partial charge in [-0.1, -0.05) is 6.07 Å². The molecule has 1 aromatic rings. The summed E-state index contributed by atoms with van der Waals surface area (Å²) >= 11 is 0. The number of hydrogen-bond donors (Lipinski definition) is 3. The summed E-state index contributed by atoms with van der Waals surface area (Å²) < 4.78 is 0. The number of benzene rings is 1. The fourth-order valence-corrected chi connectivity index (χ4v) is 1.58. The van der Waals surface area contributed by atoms with Crippen molar-refractivity contribution in [3.63, 3.8) is 0 Å². The highest BCUT2D eigenvalue weighted by atomic mass is 16.4. The lowest BCUT2D eigenvalue weighted by atomic mass is 10.0. The van der Waals surface area contributed by atoms with Crippen molar-refractivity contribution in [2.24, 2.45) is 0 Å². The van der Waals surface area contributed by atoms with Crippen molar-refractivity contribution < 1.29 is 14.7 Å².